The predicted octanol–water partition coefficient (Wildman–Crippen LogP) is 2.29. The SMILES string of the molecule is Cc1ccc(NC(=O)Cn2c(=O)n(C)c3ccccc32)cc1. The van der Waals surface area contributed by atoms with E-state index in [1.807, 2.05) is 55.5 Å². The Morgan fingerprint density at radius 3 is 2.36 bits per heavy atom. The number of nitrogens with zero attached hydrogens (tertiary/aromatic N) is 2. The fourth-order valence-corrected chi connectivity index (χ4v) is 2.50. The van der Waals surface area contributed by atoms with Crippen LogP contribution in [0.2, 0.25) is 0 Å². The molecule has 2 aromatic carbocycles. The van der Waals surface area contributed by atoms with Crippen LogP contribution < -0.4 is 11.0 Å². The molecule has 0 aliphatic carbocycles. The lowest BCUT2D eigenvalue weighted by Crippen LogP contribution is -2.28. The van der Waals surface area contributed by atoms with Gasteiger partial charge in [0, 0.05) is 12.7 Å². The Morgan fingerprint density at radius 1 is 1.05 bits per heavy atom. The van der Waals surface area contributed by atoms with Crippen LogP contribution in [-0.4, -0.2) is 15.0 Å². The van der Waals surface area contributed by atoms with Gasteiger partial charge in [-0.2, -0.15) is 0 Å². The van der Waals surface area contributed by atoms with Crippen LogP contribution in [0.25, 0.3) is 11.0 Å². The third-order valence-electron chi connectivity index (χ3n) is 3.69. The Morgan fingerprint density at radius 2 is 1.68 bits per heavy atom. The third-order valence-corrected chi connectivity index (χ3v) is 3.69. The topological polar surface area (TPSA) is 56.0 Å². The van der Waals surface area contributed by atoms with Gasteiger partial charge in [-0.25, -0.2) is 4.79 Å². The van der Waals surface area contributed by atoms with E-state index in [0.717, 1.165) is 22.3 Å². The molecule has 1 N–H and O–H groups in total. The van der Waals surface area contributed by atoms with Gasteiger partial charge in [0.2, 0.25) is 5.91 Å². The fraction of sp³-hybridized carbons (Fsp3) is 0.176. The Bertz CT molecular complexity index is 888. The number of aryl methyl sites for hydroxylation is 2. The fourth-order valence-electron chi connectivity index (χ4n) is 2.50. The highest BCUT2D eigenvalue weighted by Gasteiger charge is 2.13. The summed E-state index contributed by atoms with van der Waals surface area (Å²) in [7, 11) is 1.71. The van der Waals surface area contributed by atoms with Crippen molar-refractivity contribution < 1.29 is 4.79 Å². The lowest BCUT2D eigenvalue weighted by Gasteiger charge is -2.06. The summed E-state index contributed by atoms with van der Waals surface area (Å²) in [6.45, 7) is 1.98. The van der Waals surface area contributed by atoms with E-state index in [2.05, 4.69) is 5.32 Å². The highest BCUT2D eigenvalue weighted by atomic mass is 16.2. The van der Waals surface area contributed by atoms with Crippen molar-refractivity contribution in [1.82, 2.24) is 9.13 Å². The molecule has 0 atom stereocenters. The average molecular weight is 295 g/mol. The van der Waals surface area contributed by atoms with E-state index in [1.165, 1.54) is 4.57 Å². The second-order valence-electron chi connectivity index (χ2n) is 5.33. The van der Waals surface area contributed by atoms with Crippen molar-refractivity contribution in [1.29, 1.82) is 0 Å². The van der Waals surface area contributed by atoms with Gasteiger partial charge >= 0.3 is 5.69 Å². The second-order valence-corrected chi connectivity index (χ2v) is 5.33. The Hall–Kier alpha value is -2.82. The summed E-state index contributed by atoms with van der Waals surface area (Å²) in [4.78, 5) is 24.5. The maximum absolute atomic E-state index is 12.3. The summed E-state index contributed by atoms with van der Waals surface area (Å²) in [5.41, 5.74) is 3.23. The second kappa shape index (κ2) is 5.52. The first-order valence-electron chi connectivity index (χ1n) is 7.07. The van der Waals surface area contributed by atoms with Gasteiger partial charge in [-0.1, -0.05) is 29.8 Å². The summed E-state index contributed by atoms with van der Waals surface area (Å²) < 4.78 is 3.04. The van der Waals surface area contributed by atoms with Crippen LogP contribution in [0.1, 0.15) is 5.56 Å². The molecule has 3 aromatic rings. The normalized spacial score (nSPS) is 10.8. The maximum atomic E-state index is 12.3. The van der Waals surface area contributed by atoms with E-state index in [1.54, 1.807) is 11.6 Å². The van der Waals surface area contributed by atoms with Crippen molar-refractivity contribution in [3.63, 3.8) is 0 Å². The largest absolute Gasteiger partial charge is 0.329 e. The molecule has 3 rings (SSSR count). The summed E-state index contributed by atoms with van der Waals surface area (Å²) in [5, 5.41) is 2.81. The van der Waals surface area contributed by atoms with Crippen LogP contribution in [-0.2, 0) is 18.4 Å². The number of para-hydroxylation sites is 2. The van der Waals surface area contributed by atoms with Crippen molar-refractivity contribution in [2.24, 2.45) is 7.05 Å². The minimum atomic E-state index is -0.220. The van der Waals surface area contributed by atoms with E-state index in [0.29, 0.717) is 0 Å². The van der Waals surface area contributed by atoms with Gasteiger partial charge in [0.15, 0.2) is 0 Å². The molecule has 5 heteroatoms. The lowest BCUT2D eigenvalue weighted by molar-refractivity contribution is -0.116. The molecule has 1 amide bonds. The standard InChI is InChI=1S/C17H17N3O2/c1-12-7-9-13(10-8-12)18-16(21)11-20-15-6-4-3-5-14(15)19(2)17(20)22/h3-10H,11H2,1-2H3,(H,18,21). The van der Waals surface area contributed by atoms with Gasteiger partial charge in [0.1, 0.15) is 6.54 Å². The van der Waals surface area contributed by atoms with Crippen LogP contribution in [0.4, 0.5) is 5.69 Å². The van der Waals surface area contributed by atoms with E-state index in [-0.39, 0.29) is 18.1 Å². The van der Waals surface area contributed by atoms with Crippen molar-refractivity contribution in [3.8, 4) is 0 Å². The number of anilines is 1. The zero-order valence-electron chi connectivity index (χ0n) is 12.5. The van der Waals surface area contributed by atoms with Crippen LogP contribution in [0, 0.1) is 6.92 Å². The smallest absolute Gasteiger partial charge is 0.325 e. The van der Waals surface area contributed by atoms with Crippen LogP contribution in [0.15, 0.2) is 53.3 Å². The van der Waals surface area contributed by atoms with Crippen molar-refractivity contribution in [3.05, 3.63) is 64.6 Å². The lowest BCUT2D eigenvalue weighted by atomic mass is 10.2. The number of carbonyl (C=O) groups is 1. The summed E-state index contributed by atoms with van der Waals surface area (Å²) in [6.07, 6.45) is 0. The quantitative estimate of drug-likeness (QED) is 0.806. The van der Waals surface area contributed by atoms with E-state index in [9.17, 15) is 9.59 Å². The van der Waals surface area contributed by atoms with Gasteiger partial charge in [0.25, 0.3) is 0 Å². The number of hydrogen-bond donors (Lipinski definition) is 1. The Balaban J connectivity index is 1.87. The van der Waals surface area contributed by atoms with Crippen molar-refractivity contribution in [2.75, 3.05) is 5.32 Å². The molecule has 0 saturated carbocycles. The molecular weight excluding hydrogens is 278 g/mol. The van der Waals surface area contributed by atoms with E-state index >= 15 is 0 Å². The highest BCUT2D eigenvalue weighted by molar-refractivity contribution is 5.91. The summed E-state index contributed by atoms with van der Waals surface area (Å²) >= 11 is 0. The molecule has 0 bridgehead atoms. The number of aromatic nitrogens is 2. The number of amides is 1. The number of hydrogen-bond acceptors (Lipinski definition) is 2. The van der Waals surface area contributed by atoms with Gasteiger partial charge in [0.05, 0.1) is 11.0 Å². The molecule has 0 saturated heterocycles. The first kappa shape index (κ1) is 14.1. The minimum absolute atomic E-state index is 0.00589. The molecule has 0 unspecified atom stereocenters. The Kier molecular flexibility index (Phi) is 3.55. The van der Waals surface area contributed by atoms with Gasteiger partial charge < -0.3 is 5.32 Å². The number of fused-ring (bicyclic) bond motifs is 1. The monoisotopic (exact) mass is 295 g/mol. The highest BCUT2D eigenvalue weighted by Crippen LogP contribution is 2.12. The van der Waals surface area contributed by atoms with Crippen LogP contribution >= 0.6 is 0 Å². The molecule has 1 heterocycles. The number of rotatable bonds is 3. The Labute approximate surface area is 127 Å². The molecule has 0 aliphatic rings. The molecule has 0 aliphatic heterocycles. The van der Waals surface area contributed by atoms with Crippen LogP contribution in [0.3, 0.4) is 0 Å². The molecule has 0 radical (unpaired) electrons. The zero-order valence-corrected chi connectivity index (χ0v) is 12.5. The average Bonchev–Trinajstić information content (AvgIpc) is 2.75. The first-order chi connectivity index (χ1) is 10.6. The number of benzene rings is 2. The van der Waals surface area contributed by atoms with Gasteiger partial charge in [-0.3, -0.25) is 13.9 Å². The molecule has 0 fully saturated rings. The molecule has 5 nitrogen and oxygen atoms in total. The van der Waals surface area contributed by atoms with Crippen LogP contribution in [0.5, 0.6) is 0 Å². The predicted molar refractivity (Wildman–Crippen MR) is 87.0 cm³/mol. The van der Waals surface area contributed by atoms with Gasteiger partial charge in [-0.15, -0.1) is 0 Å². The van der Waals surface area contributed by atoms with Crippen molar-refractivity contribution in [2.45, 2.75) is 13.5 Å². The number of imidazole rings is 1. The first-order valence-corrected chi connectivity index (χ1v) is 7.07. The molecule has 0 spiro atoms. The number of nitrogens with one attached hydrogen (secondary N) is 1. The third kappa shape index (κ3) is 2.53. The molecule has 112 valence electrons. The van der Waals surface area contributed by atoms with Gasteiger partial charge in [-0.05, 0) is 31.2 Å². The summed E-state index contributed by atoms with van der Waals surface area (Å²) in [5.74, 6) is -0.220. The van der Waals surface area contributed by atoms with E-state index < -0.39 is 0 Å². The minimum Gasteiger partial charge on any atom is -0.325 e. The zero-order chi connectivity index (χ0) is 15.7. The maximum Gasteiger partial charge on any atom is 0.329 e. The summed E-state index contributed by atoms with van der Waals surface area (Å²) in [6, 6.07) is 15.0. The molecule has 22 heavy (non-hydrogen) atoms. The molecule has 1 aromatic heterocycles. The number of carbonyl (C=O) groups excluding carboxylic acids is 1. The van der Waals surface area contributed by atoms with Crippen molar-refractivity contribution >= 4 is 22.6 Å². The molecular formula is C17H17N3O2. The van der Waals surface area contributed by atoms with E-state index in [4.69, 9.17) is 0 Å².